The fourth-order valence-corrected chi connectivity index (χ4v) is 2.29. The van der Waals surface area contributed by atoms with E-state index in [0.29, 0.717) is 5.92 Å². The summed E-state index contributed by atoms with van der Waals surface area (Å²) < 4.78 is 10.8. The molecule has 0 aliphatic heterocycles. The molecule has 0 aromatic heterocycles. The van der Waals surface area contributed by atoms with Crippen LogP contribution in [0.2, 0.25) is 0 Å². The van der Waals surface area contributed by atoms with Crippen molar-refractivity contribution >= 4 is 0 Å². The van der Waals surface area contributed by atoms with Gasteiger partial charge in [0.1, 0.15) is 0 Å². The molecule has 0 bridgehead atoms. The number of hydrogen-bond donors (Lipinski definition) is 1. The van der Waals surface area contributed by atoms with Gasteiger partial charge in [0, 0.05) is 27.1 Å². The molecule has 0 aromatic rings. The van der Waals surface area contributed by atoms with Gasteiger partial charge in [0.25, 0.3) is 0 Å². The number of ether oxygens (including phenoxy) is 2. The maximum absolute atomic E-state index is 9.21. The minimum Gasteiger partial charge on any atom is -0.392 e. The van der Waals surface area contributed by atoms with Crippen LogP contribution in [0.5, 0.6) is 0 Å². The Morgan fingerprint density at radius 1 is 1.43 bits per heavy atom. The molecule has 1 rings (SSSR count). The van der Waals surface area contributed by atoms with Crippen molar-refractivity contribution in [3.05, 3.63) is 11.1 Å². The maximum Gasteiger partial charge on any atom is 0.171 e. The average molecular weight is 200 g/mol. The Bertz CT molecular complexity index is 229. The second-order valence-electron chi connectivity index (χ2n) is 4.06. The molecule has 0 radical (unpaired) electrons. The molecule has 1 N–H and O–H groups in total. The summed E-state index contributed by atoms with van der Waals surface area (Å²) in [5.74, 6) is -0.157. The van der Waals surface area contributed by atoms with Crippen LogP contribution in [0, 0.1) is 5.92 Å². The van der Waals surface area contributed by atoms with Crippen molar-refractivity contribution in [2.75, 3.05) is 20.8 Å². The van der Waals surface area contributed by atoms with E-state index in [9.17, 15) is 5.11 Å². The lowest BCUT2D eigenvalue weighted by molar-refractivity contribution is -0.217. The van der Waals surface area contributed by atoms with E-state index in [-0.39, 0.29) is 6.61 Å². The van der Waals surface area contributed by atoms with Crippen molar-refractivity contribution in [1.82, 2.24) is 0 Å². The lowest BCUT2D eigenvalue weighted by atomic mass is 9.81. The van der Waals surface area contributed by atoms with Crippen LogP contribution < -0.4 is 0 Å². The van der Waals surface area contributed by atoms with Crippen molar-refractivity contribution in [2.24, 2.45) is 5.92 Å². The van der Waals surface area contributed by atoms with Crippen LogP contribution in [0.3, 0.4) is 0 Å². The number of methoxy groups -OCH3 is 2. The molecule has 0 saturated heterocycles. The van der Waals surface area contributed by atoms with Gasteiger partial charge in [-0.05, 0) is 18.4 Å². The minimum atomic E-state index is -0.484. The molecule has 0 saturated carbocycles. The third-order valence-electron chi connectivity index (χ3n) is 3.21. The van der Waals surface area contributed by atoms with Gasteiger partial charge in [-0.3, -0.25) is 0 Å². The van der Waals surface area contributed by atoms with Crippen LogP contribution in [0.4, 0.5) is 0 Å². The van der Waals surface area contributed by atoms with Crippen molar-refractivity contribution in [1.29, 1.82) is 0 Å². The Hall–Kier alpha value is -0.380. The van der Waals surface area contributed by atoms with Gasteiger partial charge in [-0.1, -0.05) is 12.5 Å². The summed E-state index contributed by atoms with van der Waals surface area (Å²) in [7, 11) is 3.35. The molecule has 0 heterocycles. The molecule has 3 nitrogen and oxygen atoms in total. The molecular weight excluding hydrogens is 180 g/mol. The molecule has 1 aliphatic carbocycles. The molecule has 82 valence electrons. The second kappa shape index (κ2) is 4.43. The van der Waals surface area contributed by atoms with E-state index < -0.39 is 5.79 Å². The monoisotopic (exact) mass is 200 g/mol. The van der Waals surface area contributed by atoms with E-state index in [4.69, 9.17) is 9.47 Å². The minimum absolute atomic E-state index is 0.149. The normalized spacial score (nSPS) is 26.8. The van der Waals surface area contributed by atoms with Gasteiger partial charge >= 0.3 is 0 Å². The van der Waals surface area contributed by atoms with Gasteiger partial charge in [-0.25, -0.2) is 0 Å². The fourth-order valence-electron chi connectivity index (χ4n) is 2.29. The highest BCUT2D eigenvalue weighted by Crippen LogP contribution is 2.38. The molecule has 1 atom stereocenters. The van der Waals surface area contributed by atoms with E-state index >= 15 is 0 Å². The Labute approximate surface area is 85.7 Å². The Morgan fingerprint density at radius 2 is 2.00 bits per heavy atom. The van der Waals surface area contributed by atoms with Crippen LogP contribution >= 0.6 is 0 Å². The van der Waals surface area contributed by atoms with Crippen molar-refractivity contribution in [2.45, 2.75) is 32.5 Å². The second-order valence-corrected chi connectivity index (χ2v) is 4.06. The third-order valence-corrected chi connectivity index (χ3v) is 3.21. The smallest absolute Gasteiger partial charge is 0.171 e. The van der Waals surface area contributed by atoms with Crippen molar-refractivity contribution in [3.63, 3.8) is 0 Å². The lowest BCUT2D eigenvalue weighted by Gasteiger charge is -2.39. The first-order chi connectivity index (χ1) is 6.58. The van der Waals surface area contributed by atoms with Crippen LogP contribution in [-0.4, -0.2) is 31.7 Å². The molecule has 3 heteroatoms. The quantitative estimate of drug-likeness (QED) is 0.557. The van der Waals surface area contributed by atoms with Crippen LogP contribution in [0.25, 0.3) is 0 Å². The largest absolute Gasteiger partial charge is 0.392 e. The zero-order valence-electron chi connectivity index (χ0n) is 9.46. The highest BCUT2D eigenvalue weighted by atomic mass is 16.7. The van der Waals surface area contributed by atoms with E-state index in [1.807, 2.05) is 6.92 Å². The van der Waals surface area contributed by atoms with E-state index in [1.54, 1.807) is 14.2 Å². The summed E-state index contributed by atoms with van der Waals surface area (Å²) >= 11 is 0. The summed E-state index contributed by atoms with van der Waals surface area (Å²) in [5.41, 5.74) is 2.32. The summed E-state index contributed by atoms with van der Waals surface area (Å²) in [6, 6.07) is 0. The Kier molecular flexibility index (Phi) is 3.70. The first kappa shape index (κ1) is 11.7. The lowest BCUT2D eigenvalue weighted by Crippen LogP contribution is -2.40. The zero-order valence-corrected chi connectivity index (χ0v) is 9.46. The van der Waals surface area contributed by atoms with Crippen molar-refractivity contribution in [3.8, 4) is 0 Å². The van der Waals surface area contributed by atoms with Gasteiger partial charge in [0.15, 0.2) is 5.79 Å². The predicted molar refractivity (Wildman–Crippen MR) is 54.9 cm³/mol. The van der Waals surface area contributed by atoms with E-state index in [1.165, 1.54) is 5.57 Å². The number of aliphatic hydroxyl groups is 1. The van der Waals surface area contributed by atoms with Crippen LogP contribution in [0.15, 0.2) is 11.1 Å². The van der Waals surface area contributed by atoms with Gasteiger partial charge in [0.2, 0.25) is 0 Å². The van der Waals surface area contributed by atoms with Gasteiger partial charge in [-0.15, -0.1) is 0 Å². The summed E-state index contributed by atoms with van der Waals surface area (Å²) in [5, 5.41) is 9.21. The van der Waals surface area contributed by atoms with Gasteiger partial charge in [0.05, 0.1) is 6.61 Å². The van der Waals surface area contributed by atoms with Crippen LogP contribution in [0.1, 0.15) is 26.7 Å². The first-order valence-electron chi connectivity index (χ1n) is 4.98. The summed E-state index contributed by atoms with van der Waals surface area (Å²) in [6.45, 7) is 4.28. The number of hydrogen-bond acceptors (Lipinski definition) is 3. The SMILES string of the molecule is COC1(OC)CC(C)=C(CO)C(C)C1. The summed E-state index contributed by atoms with van der Waals surface area (Å²) in [6.07, 6.45) is 1.56. The van der Waals surface area contributed by atoms with Gasteiger partial charge < -0.3 is 14.6 Å². The zero-order chi connectivity index (χ0) is 10.8. The molecule has 1 aliphatic rings. The third kappa shape index (κ3) is 2.00. The molecule has 14 heavy (non-hydrogen) atoms. The average Bonchev–Trinajstić information content (AvgIpc) is 2.17. The Balaban J connectivity index is 2.91. The maximum atomic E-state index is 9.21. The molecule has 0 spiro atoms. The summed E-state index contributed by atoms with van der Waals surface area (Å²) in [4.78, 5) is 0. The first-order valence-corrected chi connectivity index (χ1v) is 4.98. The van der Waals surface area contributed by atoms with E-state index in [2.05, 4.69) is 6.92 Å². The highest BCUT2D eigenvalue weighted by Gasteiger charge is 2.37. The highest BCUT2D eigenvalue weighted by molar-refractivity contribution is 5.21. The molecular formula is C11H20O3. The molecule has 0 amide bonds. The van der Waals surface area contributed by atoms with Crippen LogP contribution in [-0.2, 0) is 9.47 Å². The van der Waals surface area contributed by atoms with Gasteiger partial charge in [-0.2, -0.15) is 0 Å². The Morgan fingerprint density at radius 3 is 2.36 bits per heavy atom. The fraction of sp³-hybridized carbons (Fsp3) is 0.818. The topological polar surface area (TPSA) is 38.7 Å². The molecule has 0 aromatic carbocycles. The predicted octanol–water partition coefficient (Wildman–Crippen LogP) is 1.71. The standard InChI is InChI=1S/C11H20O3/c1-8-5-11(13-3,14-4)6-9(2)10(8)7-12/h8,12H,5-7H2,1-4H3. The number of aliphatic hydroxyl groups excluding tert-OH is 1. The molecule has 0 fully saturated rings. The van der Waals surface area contributed by atoms with Crippen molar-refractivity contribution < 1.29 is 14.6 Å². The molecule has 1 unspecified atom stereocenters. The number of rotatable bonds is 3. The van der Waals surface area contributed by atoms with E-state index in [0.717, 1.165) is 18.4 Å².